The Hall–Kier alpha value is -3.06. The Labute approximate surface area is 213 Å². The van der Waals surface area contributed by atoms with Gasteiger partial charge in [-0.2, -0.15) is 26.3 Å². The lowest BCUT2D eigenvalue weighted by molar-refractivity contribution is -0.153. The Bertz CT molecular complexity index is 1250. The molecule has 206 valence electrons. The van der Waals surface area contributed by atoms with E-state index in [1.807, 2.05) is 6.92 Å². The maximum atomic E-state index is 14.1. The molecule has 38 heavy (non-hydrogen) atoms. The highest BCUT2D eigenvalue weighted by Crippen LogP contribution is 2.52. The molecule has 5 rings (SSSR count). The number of hydrogen-bond donors (Lipinski definition) is 1. The molecule has 2 unspecified atom stereocenters. The average Bonchev–Trinajstić information content (AvgIpc) is 3.47. The molecule has 2 fully saturated rings. The molecule has 1 aromatic carbocycles. The van der Waals surface area contributed by atoms with Crippen LogP contribution < -0.4 is 10.1 Å². The van der Waals surface area contributed by atoms with Crippen LogP contribution in [-0.2, 0) is 20.4 Å². The first-order chi connectivity index (χ1) is 18.0. The smallest absolute Gasteiger partial charge is 0.422 e. The van der Waals surface area contributed by atoms with Crippen LogP contribution in [-0.4, -0.2) is 56.4 Å². The van der Waals surface area contributed by atoms with Crippen LogP contribution >= 0.6 is 0 Å². The molecule has 1 aliphatic carbocycles. The standard InChI is InChI=1S/C25H25F6N3O4/c1-2-13-7-15(13)16-10-19(20-3-4-32-23(38-20)33-11-21-35-5-6-36-21)34-22-17(16)8-14(37-12-24(26,27)28)9-18(22)25(29,30)31/h3,8-10,13,15,21H,2,4-7,11-12H2,1H3,(H,32,33). The van der Waals surface area contributed by atoms with Gasteiger partial charge >= 0.3 is 12.4 Å². The molecule has 3 heterocycles. The van der Waals surface area contributed by atoms with Crippen molar-refractivity contribution >= 4 is 22.7 Å². The summed E-state index contributed by atoms with van der Waals surface area (Å²) < 4.78 is 102. The number of nitrogens with zero attached hydrogens (tertiary/aromatic N) is 2. The number of fused-ring (bicyclic) bond motifs is 1. The summed E-state index contributed by atoms with van der Waals surface area (Å²) in [5.41, 5.74) is -0.816. The number of aromatic nitrogens is 1. The zero-order chi connectivity index (χ0) is 27.1. The van der Waals surface area contributed by atoms with Crippen LogP contribution in [0.25, 0.3) is 16.7 Å². The zero-order valence-electron chi connectivity index (χ0n) is 20.3. The van der Waals surface area contributed by atoms with Gasteiger partial charge in [-0.3, -0.25) is 0 Å². The van der Waals surface area contributed by atoms with Crippen molar-refractivity contribution in [3.63, 3.8) is 0 Å². The van der Waals surface area contributed by atoms with E-state index < -0.39 is 36.6 Å². The summed E-state index contributed by atoms with van der Waals surface area (Å²) in [6.45, 7) is 1.69. The number of hydrogen-bond acceptors (Lipinski definition) is 7. The van der Waals surface area contributed by atoms with Crippen LogP contribution in [0.4, 0.5) is 26.3 Å². The van der Waals surface area contributed by atoms with Crippen LogP contribution in [0.5, 0.6) is 5.75 Å². The maximum absolute atomic E-state index is 14.1. The lowest BCUT2D eigenvalue weighted by Crippen LogP contribution is -2.35. The van der Waals surface area contributed by atoms with Gasteiger partial charge in [0.05, 0.1) is 37.4 Å². The summed E-state index contributed by atoms with van der Waals surface area (Å²) >= 11 is 0. The predicted octanol–water partition coefficient (Wildman–Crippen LogP) is 5.40. The molecule has 1 aromatic heterocycles. The average molecular weight is 545 g/mol. The molecule has 0 spiro atoms. The molecule has 0 radical (unpaired) electrons. The molecule has 1 saturated carbocycles. The molecule has 0 bridgehead atoms. The van der Waals surface area contributed by atoms with E-state index in [4.69, 9.17) is 18.9 Å². The number of ether oxygens (including phenoxy) is 4. The van der Waals surface area contributed by atoms with Crippen molar-refractivity contribution in [1.82, 2.24) is 10.3 Å². The van der Waals surface area contributed by atoms with Gasteiger partial charge in [0.25, 0.3) is 6.02 Å². The number of nitrogens with one attached hydrogen (secondary N) is 1. The fourth-order valence-electron chi connectivity index (χ4n) is 4.64. The van der Waals surface area contributed by atoms with Crippen LogP contribution in [0.1, 0.15) is 42.5 Å². The normalized spacial score (nSPS) is 22.2. The Kier molecular flexibility index (Phi) is 7.16. The Morgan fingerprint density at radius 3 is 2.50 bits per heavy atom. The number of alkyl halides is 6. The van der Waals surface area contributed by atoms with Crippen molar-refractivity contribution in [2.45, 2.75) is 44.3 Å². The number of amidine groups is 1. The number of halogens is 6. The summed E-state index contributed by atoms with van der Waals surface area (Å²) in [5, 5.41) is 3.07. The first-order valence-corrected chi connectivity index (χ1v) is 12.2. The molecule has 2 atom stereocenters. The van der Waals surface area contributed by atoms with E-state index in [1.54, 1.807) is 12.1 Å². The Balaban J connectivity index is 1.51. The number of benzene rings is 1. The molecule has 1 N–H and O–H groups in total. The summed E-state index contributed by atoms with van der Waals surface area (Å²) in [7, 11) is 0. The maximum Gasteiger partial charge on any atom is 0.422 e. The van der Waals surface area contributed by atoms with Gasteiger partial charge in [-0.05, 0) is 48.1 Å². The van der Waals surface area contributed by atoms with E-state index in [9.17, 15) is 26.3 Å². The molecule has 13 heteroatoms. The van der Waals surface area contributed by atoms with E-state index in [-0.39, 0.29) is 53.3 Å². The van der Waals surface area contributed by atoms with Gasteiger partial charge in [-0.1, -0.05) is 13.3 Å². The zero-order valence-corrected chi connectivity index (χ0v) is 20.3. The number of rotatable bonds is 7. The SMILES string of the molecule is CCC1CC1c1cc(C2=CCN=C(NCC3OCCO3)O2)nc2c(C(F)(F)F)cc(OCC(F)(F)F)cc12. The minimum atomic E-state index is -4.89. The predicted molar refractivity (Wildman–Crippen MR) is 124 cm³/mol. The van der Waals surface area contributed by atoms with Crippen molar-refractivity contribution in [3.8, 4) is 5.75 Å². The summed E-state index contributed by atoms with van der Waals surface area (Å²) in [6.07, 6.45) is -6.89. The van der Waals surface area contributed by atoms with E-state index in [0.717, 1.165) is 12.8 Å². The second-order valence-corrected chi connectivity index (χ2v) is 9.24. The number of aliphatic imine (C=N–C) groups is 1. The van der Waals surface area contributed by atoms with Crippen LogP contribution in [0.15, 0.2) is 29.3 Å². The molecule has 2 aliphatic heterocycles. The third-order valence-corrected chi connectivity index (χ3v) is 6.55. The Morgan fingerprint density at radius 2 is 1.84 bits per heavy atom. The van der Waals surface area contributed by atoms with Crippen LogP contribution in [0.2, 0.25) is 0 Å². The second-order valence-electron chi connectivity index (χ2n) is 9.24. The summed E-state index contributed by atoms with van der Waals surface area (Å²) in [6, 6.07) is 3.56. The summed E-state index contributed by atoms with van der Waals surface area (Å²) in [5.74, 6) is -0.114. The lowest BCUT2D eigenvalue weighted by Gasteiger charge is -2.20. The molecule has 2 aromatic rings. The monoisotopic (exact) mass is 545 g/mol. The third kappa shape index (κ3) is 5.98. The molecular formula is C25H25F6N3O4. The fourth-order valence-corrected chi connectivity index (χ4v) is 4.64. The largest absolute Gasteiger partial charge is 0.484 e. The van der Waals surface area contributed by atoms with Crippen LogP contribution in [0, 0.1) is 5.92 Å². The van der Waals surface area contributed by atoms with Gasteiger partial charge in [0.2, 0.25) is 0 Å². The van der Waals surface area contributed by atoms with Crippen molar-refractivity contribution < 1.29 is 45.3 Å². The topological polar surface area (TPSA) is 74.2 Å². The quantitative estimate of drug-likeness (QED) is 0.470. The van der Waals surface area contributed by atoms with E-state index in [2.05, 4.69) is 15.3 Å². The van der Waals surface area contributed by atoms with Crippen molar-refractivity contribution in [2.24, 2.45) is 10.9 Å². The van der Waals surface area contributed by atoms with E-state index in [0.29, 0.717) is 24.8 Å². The third-order valence-electron chi connectivity index (χ3n) is 6.55. The Morgan fingerprint density at radius 1 is 1.08 bits per heavy atom. The van der Waals surface area contributed by atoms with Gasteiger partial charge < -0.3 is 24.3 Å². The number of pyridine rings is 1. The van der Waals surface area contributed by atoms with Gasteiger partial charge in [0.15, 0.2) is 18.7 Å². The highest BCUT2D eigenvalue weighted by molar-refractivity contribution is 5.90. The minimum absolute atomic E-state index is 0.0599. The molecule has 3 aliphatic rings. The lowest BCUT2D eigenvalue weighted by atomic mass is 9.98. The molecule has 0 amide bonds. The van der Waals surface area contributed by atoms with Gasteiger partial charge in [-0.25, -0.2) is 9.98 Å². The van der Waals surface area contributed by atoms with E-state index >= 15 is 0 Å². The van der Waals surface area contributed by atoms with Gasteiger partial charge in [0.1, 0.15) is 11.4 Å². The van der Waals surface area contributed by atoms with Crippen molar-refractivity contribution in [2.75, 3.05) is 32.9 Å². The minimum Gasteiger partial charge on any atom is -0.484 e. The van der Waals surface area contributed by atoms with Crippen molar-refractivity contribution in [1.29, 1.82) is 0 Å². The van der Waals surface area contributed by atoms with Gasteiger partial charge in [-0.15, -0.1) is 0 Å². The first-order valence-electron chi connectivity index (χ1n) is 12.2. The fraction of sp³-hybridized carbons (Fsp3) is 0.520. The highest BCUT2D eigenvalue weighted by Gasteiger charge is 2.41. The van der Waals surface area contributed by atoms with Crippen LogP contribution in [0.3, 0.4) is 0 Å². The molecule has 1 saturated heterocycles. The van der Waals surface area contributed by atoms with E-state index in [1.165, 1.54) is 6.07 Å². The molecule has 7 nitrogen and oxygen atoms in total. The highest BCUT2D eigenvalue weighted by atomic mass is 19.4. The molecular weight excluding hydrogens is 520 g/mol. The van der Waals surface area contributed by atoms with Crippen molar-refractivity contribution in [3.05, 3.63) is 41.1 Å². The first kappa shape index (κ1) is 26.5. The van der Waals surface area contributed by atoms with Gasteiger partial charge in [0, 0.05) is 5.39 Å². The summed E-state index contributed by atoms with van der Waals surface area (Å²) in [4.78, 5) is 8.50. The second kappa shape index (κ2) is 10.3.